The molecule has 1 saturated heterocycles. The number of hydrogen-bond donors (Lipinski definition) is 1. The van der Waals surface area contributed by atoms with E-state index in [-0.39, 0.29) is 23.7 Å². The van der Waals surface area contributed by atoms with Gasteiger partial charge in [0.05, 0.1) is 24.8 Å². The lowest BCUT2D eigenvalue weighted by Gasteiger charge is -2.47. The van der Waals surface area contributed by atoms with Gasteiger partial charge in [0.2, 0.25) is 0 Å². The van der Waals surface area contributed by atoms with Crippen LogP contribution in [0.15, 0.2) is 30.3 Å². The van der Waals surface area contributed by atoms with Crippen LogP contribution < -0.4 is 5.32 Å². The second-order valence-electron chi connectivity index (χ2n) is 6.65. The molecule has 0 bridgehead atoms. The minimum Gasteiger partial charge on any atom is -0.377 e. The SMILES string of the molecule is CC(C)NC(=O)N1C(Cc2ccccc2)COCC1(C)C. The Bertz CT molecular complexity index is 471. The van der Waals surface area contributed by atoms with E-state index in [0.29, 0.717) is 13.2 Å². The molecule has 4 nitrogen and oxygen atoms in total. The molecule has 1 aliphatic heterocycles. The van der Waals surface area contributed by atoms with Crippen molar-refractivity contribution in [1.29, 1.82) is 0 Å². The van der Waals surface area contributed by atoms with E-state index in [0.717, 1.165) is 6.42 Å². The molecule has 0 aliphatic carbocycles. The van der Waals surface area contributed by atoms with Gasteiger partial charge in [-0.2, -0.15) is 0 Å². The minimum absolute atomic E-state index is 0.000712. The fourth-order valence-corrected chi connectivity index (χ4v) is 2.88. The Morgan fingerprint density at radius 3 is 2.67 bits per heavy atom. The zero-order chi connectivity index (χ0) is 15.5. The highest BCUT2D eigenvalue weighted by atomic mass is 16.5. The van der Waals surface area contributed by atoms with E-state index in [4.69, 9.17) is 4.74 Å². The average Bonchev–Trinajstić information content (AvgIpc) is 2.37. The summed E-state index contributed by atoms with van der Waals surface area (Å²) in [6.07, 6.45) is 0.815. The molecule has 1 heterocycles. The highest BCUT2D eigenvalue weighted by Gasteiger charge is 2.40. The van der Waals surface area contributed by atoms with Gasteiger partial charge in [-0.15, -0.1) is 0 Å². The number of carbonyl (C=O) groups is 1. The summed E-state index contributed by atoms with van der Waals surface area (Å²) < 4.78 is 5.73. The van der Waals surface area contributed by atoms with Crippen molar-refractivity contribution in [2.45, 2.75) is 51.7 Å². The van der Waals surface area contributed by atoms with Crippen molar-refractivity contribution in [3.8, 4) is 0 Å². The van der Waals surface area contributed by atoms with Crippen molar-refractivity contribution in [3.05, 3.63) is 35.9 Å². The van der Waals surface area contributed by atoms with E-state index in [1.807, 2.05) is 36.9 Å². The number of hydrogen-bond acceptors (Lipinski definition) is 2. The summed E-state index contributed by atoms with van der Waals surface area (Å²) in [5.41, 5.74) is 0.933. The summed E-state index contributed by atoms with van der Waals surface area (Å²) >= 11 is 0. The molecule has 1 aromatic rings. The van der Waals surface area contributed by atoms with Gasteiger partial charge in [-0.05, 0) is 39.7 Å². The highest BCUT2D eigenvalue weighted by Crippen LogP contribution is 2.26. The standard InChI is InChI=1S/C17H26N2O2/c1-13(2)18-16(20)19-15(11-21-12-17(19,3)4)10-14-8-6-5-7-9-14/h5-9,13,15H,10-12H2,1-4H3,(H,18,20). The van der Waals surface area contributed by atoms with E-state index in [9.17, 15) is 4.79 Å². The van der Waals surface area contributed by atoms with Crippen molar-refractivity contribution in [1.82, 2.24) is 10.2 Å². The van der Waals surface area contributed by atoms with Gasteiger partial charge in [-0.25, -0.2) is 4.79 Å². The number of ether oxygens (including phenoxy) is 1. The average molecular weight is 290 g/mol. The molecule has 1 aromatic carbocycles. The lowest BCUT2D eigenvalue weighted by molar-refractivity contribution is -0.0641. The minimum atomic E-state index is -0.295. The molecule has 1 atom stereocenters. The van der Waals surface area contributed by atoms with Crippen molar-refractivity contribution in [3.63, 3.8) is 0 Å². The van der Waals surface area contributed by atoms with Gasteiger partial charge in [0.1, 0.15) is 0 Å². The largest absolute Gasteiger partial charge is 0.377 e. The third-order valence-corrected chi connectivity index (χ3v) is 3.73. The molecule has 0 spiro atoms. The van der Waals surface area contributed by atoms with Crippen LogP contribution in [0.2, 0.25) is 0 Å². The first-order valence-corrected chi connectivity index (χ1v) is 7.61. The molecule has 0 saturated carbocycles. The van der Waals surface area contributed by atoms with Gasteiger partial charge in [-0.1, -0.05) is 30.3 Å². The summed E-state index contributed by atoms with van der Waals surface area (Å²) in [5.74, 6) is 0. The Hall–Kier alpha value is -1.55. The smallest absolute Gasteiger partial charge is 0.318 e. The summed E-state index contributed by atoms with van der Waals surface area (Å²) in [4.78, 5) is 14.5. The van der Waals surface area contributed by atoms with Gasteiger partial charge < -0.3 is 15.0 Å². The summed E-state index contributed by atoms with van der Waals surface area (Å²) in [7, 11) is 0. The number of amides is 2. The third-order valence-electron chi connectivity index (χ3n) is 3.73. The lowest BCUT2D eigenvalue weighted by Crippen LogP contribution is -2.64. The van der Waals surface area contributed by atoms with Crippen molar-refractivity contribution >= 4 is 6.03 Å². The number of rotatable bonds is 3. The van der Waals surface area contributed by atoms with E-state index in [1.165, 1.54) is 5.56 Å². The van der Waals surface area contributed by atoms with Crippen molar-refractivity contribution in [2.75, 3.05) is 13.2 Å². The van der Waals surface area contributed by atoms with Crippen LogP contribution >= 0.6 is 0 Å². The second-order valence-corrected chi connectivity index (χ2v) is 6.65. The molecule has 0 radical (unpaired) electrons. The molecule has 21 heavy (non-hydrogen) atoms. The lowest BCUT2D eigenvalue weighted by atomic mass is 9.95. The van der Waals surface area contributed by atoms with Gasteiger partial charge in [0, 0.05) is 6.04 Å². The number of morpholine rings is 1. The highest BCUT2D eigenvalue weighted by molar-refractivity contribution is 5.76. The maximum Gasteiger partial charge on any atom is 0.318 e. The predicted octanol–water partition coefficient (Wildman–Crippen LogP) is 2.83. The van der Waals surface area contributed by atoms with E-state index in [2.05, 4.69) is 31.3 Å². The fraction of sp³-hybridized carbons (Fsp3) is 0.588. The first-order chi connectivity index (χ1) is 9.90. The predicted molar refractivity (Wildman–Crippen MR) is 84.3 cm³/mol. The zero-order valence-electron chi connectivity index (χ0n) is 13.4. The van der Waals surface area contributed by atoms with Gasteiger partial charge in [0.25, 0.3) is 0 Å². The van der Waals surface area contributed by atoms with Crippen LogP contribution in [-0.2, 0) is 11.2 Å². The first-order valence-electron chi connectivity index (χ1n) is 7.61. The summed E-state index contributed by atoms with van der Waals surface area (Å²) in [6, 6.07) is 10.5. The first kappa shape index (κ1) is 15.8. The number of benzene rings is 1. The Morgan fingerprint density at radius 2 is 2.05 bits per heavy atom. The topological polar surface area (TPSA) is 41.6 Å². The number of urea groups is 1. The molecular weight excluding hydrogens is 264 g/mol. The normalized spacial score (nSPS) is 21.4. The van der Waals surface area contributed by atoms with Crippen molar-refractivity contribution in [2.24, 2.45) is 0 Å². The maximum absolute atomic E-state index is 12.6. The third kappa shape index (κ3) is 3.97. The molecular formula is C17H26N2O2. The Morgan fingerprint density at radius 1 is 1.38 bits per heavy atom. The number of nitrogens with zero attached hydrogens (tertiary/aromatic N) is 1. The van der Waals surface area contributed by atoms with E-state index in [1.54, 1.807) is 0 Å². The molecule has 1 N–H and O–H groups in total. The molecule has 1 fully saturated rings. The van der Waals surface area contributed by atoms with Crippen LogP contribution in [0.4, 0.5) is 4.79 Å². The maximum atomic E-state index is 12.6. The number of carbonyl (C=O) groups excluding carboxylic acids is 1. The van der Waals surface area contributed by atoms with Crippen LogP contribution in [0.3, 0.4) is 0 Å². The Balaban J connectivity index is 2.18. The zero-order valence-corrected chi connectivity index (χ0v) is 13.4. The Kier molecular flexibility index (Phi) is 4.88. The van der Waals surface area contributed by atoms with Gasteiger partial charge in [0.15, 0.2) is 0 Å². The van der Waals surface area contributed by atoms with Crippen LogP contribution in [0.1, 0.15) is 33.3 Å². The van der Waals surface area contributed by atoms with Gasteiger partial charge in [-0.3, -0.25) is 0 Å². The molecule has 4 heteroatoms. The van der Waals surface area contributed by atoms with Crippen LogP contribution in [0.5, 0.6) is 0 Å². The monoisotopic (exact) mass is 290 g/mol. The van der Waals surface area contributed by atoms with Crippen LogP contribution in [-0.4, -0.2) is 41.8 Å². The molecule has 116 valence electrons. The molecule has 2 amide bonds. The van der Waals surface area contributed by atoms with Crippen LogP contribution in [0.25, 0.3) is 0 Å². The van der Waals surface area contributed by atoms with E-state index >= 15 is 0 Å². The Labute approximate surface area is 127 Å². The van der Waals surface area contributed by atoms with Gasteiger partial charge >= 0.3 is 6.03 Å². The second kappa shape index (κ2) is 6.48. The number of nitrogens with one attached hydrogen (secondary N) is 1. The van der Waals surface area contributed by atoms with Crippen molar-refractivity contribution < 1.29 is 9.53 Å². The quantitative estimate of drug-likeness (QED) is 0.930. The van der Waals surface area contributed by atoms with Crippen LogP contribution in [0, 0.1) is 0 Å². The molecule has 1 unspecified atom stereocenters. The molecule has 0 aromatic heterocycles. The summed E-state index contributed by atoms with van der Waals surface area (Å²) in [6.45, 7) is 9.25. The van der Waals surface area contributed by atoms with E-state index < -0.39 is 0 Å². The fourth-order valence-electron chi connectivity index (χ4n) is 2.88. The summed E-state index contributed by atoms with van der Waals surface area (Å²) in [5, 5.41) is 3.02. The molecule has 1 aliphatic rings. The molecule has 2 rings (SSSR count).